The molecule has 1 amide bonds. The minimum absolute atomic E-state index is 0.0694. The molecule has 0 spiro atoms. The van der Waals surface area contributed by atoms with Crippen molar-refractivity contribution in [1.29, 1.82) is 0 Å². The van der Waals surface area contributed by atoms with Gasteiger partial charge in [0.2, 0.25) is 5.91 Å². The number of thiophene rings is 1. The summed E-state index contributed by atoms with van der Waals surface area (Å²) < 4.78 is 0. The molecule has 1 aromatic heterocycles. The fourth-order valence-corrected chi connectivity index (χ4v) is 2.74. The van der Waals surface area contributed by atoms with Crippen molar-refractivity contribution in [2.45, 2.75) is 19.3 Å². The molecule has 0 saturated carbocycles. The van der Waals surface area contributed by atoms with E-state index in [9.17, 15) is 9.59 Å². The number of carbonyl (C=O) groups excluding carboxylic acids is 1. The van der Waals surface area contributed by atoms with Crippen molar-refractivity contribution in [2.75, 3.05) is 13.1 Å². The van der Waals surface area contributed by atoms with Crippen LogP contribution in [0.2, 0.25) is 0 Å². The monoisotopic (exact) mass is 253 g/mol. The summed E-state index contributed by atoms with van der Waals surface area (Å²) in [6.45, 7) is 0.956. The average molecular weight is 253 g/mol. The number of amides is 1. The van der Waals surface area contributed by atoms with E-state index in [1.54, 1.807) is 16.2 Å². The van der Waals surface area contributed by atoms with Gasteiger partial charge in [0.25, 0.3) is 0 Å². The molecule has 0 aliphatic carbocycles. The van der Waals surface area contributed by atoms with Gasteiger partial charge < -0.3 is 10.0 Å². The zero-order chi connectivity index (χ0) is 12.3. The van der Waals surface area contributed by atoms with E-state index in [-0.39, 0.29) is 11.8 Å². The number of carbonyl (C=O) groups is 2. The van der Waals surface area contributed by atoms with Crippen molar-refractivity contribution in [3.05, 3.63) is 22.4 Å². The van der Waals surface area contributed by atoms with Gasteiger partial charge in [0.1, 0.15) is 0 Å². The Kier molecular flexibility index (Phi) is 3.78. The van der Waals surface area contributed by atoms with Crippen LogP contribution in [0.1, 0.15) is 18.4 Å². The van der Waals surface area contributed by atoms with Crippen LogP contribution >= 0.6 is 11.3 Å². The maximum absolute atomic E-state index is 11.8. The van der Waals surface area contributed by atoms with Gasteiger partial charge >= 0.3 is 5.97 Å². The largest absolute Gasteiger partial charge is 0.481 e. The first kappa shape index (κ1) is 12.1. The quantitative estimate of drug-likeness (QED) is 0.887. The third kappa shape index (κ3) is 3.06. The van der Waals surface area contributed by atoms with E-state index in [1.165, 1.54) is 5.56 Å². The summed E-state index contributed by atoms with van der Waals surface area (Å²) >= 11 is 1.63. The second kappa shape index (κ2) is 5.31. The fourth-order valence-electron chi connectivity index (χ4n) is 2.03. The van der Waals surface area contributed by atoms with Crippen LogP contribution in [0.15, 0.2) is 16.8 Å². The number of aryl methyl sites for hydroxylation is 1. The van der Waals surface area contributed by atoms with Crippen molar-refractivity contribution in [3.63, 3.8) is 0 Å². The van der Waals surface area contributed by atoms with Crippen LogP contribution in [0.3, 0.4) is 0 Å². The first-order valence-corrected chi connectivity index (χ1v) is 6.63. The second-order valence-corrected chi connectivity index (χ2v) is 5.08. The summed E-state index contributed by atoms with van der Waals surface area (Å²) in [5, 5.41) is 12.9. The molecule has 1 aromatic rings. The minimum Gasteiger partial charge on any atom is -0.481 e. The molecule has 5 heteroatoms. The highest BCUT2D eigenvalue weighted by molar-refractivity contribution is 7.07. The molecule has 1 saturated heterocycles. The number of likely N-dealkylation sites (tertiary alicyclic amines) is 1. The van der Waals surface area contributed by atoms with E-state index in [0.717, 1.165) is 6.42 Å². The van der Waals surface area contributed by atoms with Gasteiger partial charge in [-0.05, 0) is 35.2 Å². The Morgan fingerprint density at radius 3 is 2.94 bits per heavy atom. The molecule has 1 atom stereocenters. The Morgan fingerprint density at radius 2 is 2.35 bits per heavy atom. The summed E-state index contributed by atoms with van der Waals surface area (Å²) in [5.74, 6) is -1.10. The number of carboxylic acid groups (broad SMARTS) is 1. The van der Waals surface area contributed by atoms with Gasteiger partial charge in [-0.15, -0.1) is 0 Å². The van der Waals surface area contributed by atoms with Crippen LogP contribution in [0.25, 0.3) is 0 Å². The Labute approximate surface area is 104 Å². The molecule has 0 bridgehead atoms. The first-order chi connectivity index (χ1) is 8.16. The molecule has 1 aliphatic rings. The first-order valence-electron chi connectivity index (χ1n) is 5.68. The molecule has 4 nitrogen and oxygen atoms in total. The Morgan fingerprint density at radius 1 is 1.53 bits per heavy atom. The van der Waals surface area contributed by atoms with Gasteiger partial charge in [-0.1, -0.05) is 0 Å². The third-order valence-corrected chi connectivity index (χ3v) is 3.83. The molecule has 1 N–H and O–H groups in total. The molecule has 1 fully saturated rings. The summed E-state index contributed by atoms with van der Waals surface area (Å²) in [6.07, 6.45) is 1.80. The minimum atomic E-state index is -0.793. The number of aliphatic carboxylic acids is 1. The molecule has 92 valence electrons. The number of nitrogens with zero attached hydrogens (tertiary/aromatic N) is 1. The summed E-state index contributed by atoms with van der Waals surface area (Å²) in [4.78, 5) is 24.3. The van der Waals surface area contributed by atoms with Gasteiger partial charge in [0.05, 0.1) is 5.92 Å². The van der Waals surface area contributed by atoms with Crippen LogP contribution in [-0.2, 0) is 16.0 Å². The average Bonchev–Trinajstić information content (AvgIpc) is 2.96. The third-order valence-electron chi connectivity index (χ3n) is 3.10. The van der Waals surface area contributed by atoms with E-state index < -0.39 is 5.97 Å². The number of hydrogen-bond acceptors (Lipinski definition) is 3. The van der Waals surface area contributed by atoms with Crippen LogP contribution in [-0.4, -0.2) is 35.0 Å². The lowest BCUT2D eigenvalue weighted by Gasteiger charge is -2.15. The van der Waals surface area contributed by atoms with Gasteiger partial charge in [-0.2, -0.15) is 11.3 Å². The zero-order valence-corrected chi connectivity index (χ0v) is 10.3. The molecule has 2 rings (SSSR count). The van der Waals surface area contributed by atoms with Crippen molar-refractivity contribution in [3.8, 4) is 0 Å². The highest BCUT2D eigenvalue weighted by Gasteiger charge is 2.30. The highest BCUT2D eigenvalue weighted by Crippen LogP contribution is 2.18. The second-order valence-electron chi connectivity index (χ2n) is 4.30. The van der Waals surface area contributed by atoms with Gasteiger partial charge in [-0.3, -0.25) is 9.59 Å². The number of hydrogen-bond donors (Lipinski definition) is 1. The van der Waals surface area contributed by atoms with E-state index in [4.69, 9.17) is 5.11 Å². The lowest BCUT2D eigenvalue weighted by atomic mass is 10.1. The van der Waals surface area contributed by atoms with Crippen molar-refractivity contribution < 1.29 is 14.7 Å². The zero-order valence-electron chi connectivity index (χ0n) is 9.46. The lowest BCUT2D eigenvalue weighted by Crippen LogP contribution is -2.30. The predicted octanol–water partition coefficient (Wildman–Crippen LogP) is 1.61. The van der Waals surface area contributed by atoms with Crippen LogP contribution in [0.4, 0.5) is 0 Å². The van der Waals surface area contributed by atoms with Gasteiger partial charge in [-0.25, -0.2) is 0 Å². The molecule has 0 unspecified atom stereocenters. The van der Waals surface area contributed by atoms with E-state index in [0.29, 0.717) is 25.9 Å². The van der Waals surface area contributed by atoms with Crippen molar-refractivity contribution >= 4 is 23.2 Å². The summed E-state index contributed by atoms with van der Waals surface area (Å²) in [7, 11) is 0. The van der Waals surface area contributed by atoms with Crippen molar-refractivity contribution in [2.24, 2.45) is 5.92 Å². The van der Waals surface area contributed by atoms with Crippen LogP contribution in [0.5, 0.6) is 0 Å². The SMILES string of the molecule is O=C(O)[C@H]1CCN(C(=O)CCc2ccsc2)C1. The molecule has 0 aromatic carbocycles. The summed E-state index contributed by atoms with van der Waals surface area (Å²) in [5.41, 5.74) is 1.18. The predicted molar refractivity (Wildman–Crippen MR) is 65.0 cm³/mol. The van der Waals surface area contributed by atoms with Gasteiger partial charge in [0.15, 0.2) is 0 Å². The summed E-state index contributed by atoms with van der Waals surface area (Å²) in [6, 6.07) is 2.02. The normalized spacial score (nSPS) is 19.5. The Balaban J connectivity index is 1.79. The molecule has 17 heavy (non-hydrogen) atoms. The number of carboxylic acids is 1. The maximum atomic E-state index is 11.8. The highest BCUT2D eigenvalue weighted by atomic mass is 32.1. The topological polar surface area (TPSA) is 57.6 Å². The van der Waals surface area contributed by atoms with Crippen LogP contribution < -0.4 is 0 Å². The lowest BCUT2D eigenvalue weighted by molar-refractivity contribution is -0.141. The fraction of sp³-hybridized carbons (Fsp3) is 0.500. The standard InChI is InChI=1S/C12H15NO3S/c14-11(2-1-9-4-6-17-8-9)13-5-3-10(7-13)12(15)16/h4,6,8,10H,1-3,5,7H2,(H,15,16)/t10-/m0/s1. The molecule has 0 radical (unpaired) electrons. The van der Waals surface area contributed by atoms with E-state index in [1.807, 2.05) is 16.8 Å². The Bertz CT molecular complexity index is 402. The van der Waals surface area contributed by atoms with Crippen LogP contribution in [0, 0.1) is 5.92 Å². The molecular weight excluding hydrogens is 238 g/mol. The molecule has 2 heterocycles. The molecule has 1 aliphatic heterocycles. The van der Waals surface area contributed by atoms with Gasteiger partial charge in [0, 0.05) is 19.5 Å². The molecular formula is C12H15NO3S. The van der Waals surface area contributed by atoms with Crippen molar-refractivity contribution in [1.82, 2.24) is 4.90 Å². The Hall–Kier alpha value is -1.36. The van der Waals surface area contributed by atoms with E-state index in [2.05, 4.69) is 0 Å². The number of rotatable bonds is 4. The van der Waals surface area contributed by atoms with E-state index >= 15 is 0 Å². The maximum Gasteiger partial charge on any atom is 0.308 e. The smallest absolute Gasteiger partial charge is 0.308 e.